The van der Waals surface area contributed by atoms with E-state index in [1.807, 2.05) is 0 Å². The number of piperidine rings is 1. The van der Waals surface area contributed by atoms with E-state index < -0.39 is 0 Å². The first-order valence-electron chi connectivity index (χ1n) is 6.01. The Labute approximate surface area is 101 Å². The lowest BCUT2D eigenvalue weighted by atomic mass is 10.0. The summed E-state index contributed by atoms with van der Waals surface area (Å²) in [6.45, 7) is 5.25. The highest BCUT2D eigenvalue weighted by Gasteiger charge is 2.25. The predicted octanol–water partition coefficient (Wildman–Crippen LogP) is 0.0707. The fourth-order valence-corrected chi connectivity index (χ4v) is 1.88. The van der Waals surface area contributed by atoms with Crippen LogP contribution in [0.3, 0.4) is 0 Å². The third kappa shape index (κ3) is 4.22. The second kappa shape index (κ2) is 6.44. The zero-order valence-corrected chi connectivity index (χ0v) is 10.4. The van der Waals surface area contributed by atoms with E-state index >= 15 is 0 Å². The normalized spacial score (nSPS) is 18.8. The highest BCUT2D eigenvalue weighted by atomic mass is 16.6. The lowest BCUT2D eigenvalue weighted by molar-refractivity contribution is -0.119. The molecule has 17 heavy (non-hydrogen) atoms. The van der Waals surface area contributed by atoms with Crippen molar-refractivity contribution in [2.24, 2.45) is 5.73 Å². The average Bonchev–Trinajstić information content (AvgIpc) is 2.30. The van der Waals surface area contributed by atoms with Crippen LogP contribution in [-0.4, -0.2) is 48.7 Å². The van der Waals surface area contributed by atoms with Gasteiger partial charge < -0.3 is 20.7 Å². The van der Waals surface area contributed by atoms with Crippen LogP contribution >= 0.6 is 0 Å². The maximum Gasteiger partial charge on any atom is 0.409 e. The summed E-state index contributed by atoms with van der Waals surface area (Å²) >= 11 is 0. The molecule has 98 valence electrons. The number of rotatable bonds is 4. The summed E-state index contributed by atoms with van der Waals surface area (Å²) in [5.74, 6) is -0.349. The van der Waals surface area contributed by atoms with Crippen molar-refractivity contribution in [1.82, 2.24) is 10.2 Å². The van der Waals surface area contributed by atoms with Crippen molar-refractivity contribution in [3.63, 3.8) is 0 Å². The Morgan fingerprint density at radius 2 is 2.06 bits per heavy atom. The minimum atomic E-state index is -0.349. The molecule has 0 aromatic carbocycles. The lowest BCUT2D eigenvalue weighted by Crippen LogP contribution is -2.50. The molecule has 1 atom stereocenters. The largest absolute Gasteiger partial charge is 0.450 e. The fraction of sp³-hybridized carbons (Fsp3) is 0.818. The Morgan fingerprint density at radius 1 is 1.47 bits per heavy atom. The molecule has 1 saturated heterocycles. The summed E-state index contributed by atoms with van der Waals surface area (Å²) in [6, 6.07) is -0.0858. The van der Waals surface area contributed by atoms with Crippen molar-refractivity contribution in [3.8, 4) is 0 Å². The van der Waals surface area contributed by atoms with E-state index in [1.54, 1.807) is 18.7 Å². The number of nitrogens with one attached hydrogen (secondary N) is 1. The zero-order chi connectivity index (χ0) is 12.8. The van der Waals surface area contributed by atoms with Gasteiger partial charge in [-0.25, -0.2) is 4.79 Å². The van der Waals surface area contributed by atoms with Gasteiger partial charge in [-0.3, -0.25) is 4.79 Å². The molecule has 0 aliphatic carbocycles. The number of hydrogen-bond acceptors (Lipinski definition) is 4. The SMILES string of the molecule is CCOC(=O)N1CCC(NC(C)C(N)=O)CC1. The van der Waals surface area contributed by atoms with E-state index in [-0.39, 0.29) is 24.1 Å². The van der Waals surface area contributed by atoms with Crippen molar-refractivity contribution < 1.29 is 14.3 Å². The quantitative estimate of drug-likeness (QED) is 0.732. The van der Waals surface area contributed by atoms with Gasteiger partial charge in [-0.15, -0.1) is 0 Å². The molecular formula is C11H21N3O3. The van der Waals surface area contributed by atoms with Gasteiger partial charge in [-0.1, -0.05) is 0 Å². The fourth-order valence-electron chi connectivity index (χ4n) is 1.88. The summed E-state index contributed by atoms with van der Waals surface area (Å²) in [4.78, 5) is 24.0. The lowest BCUT2D eigenvalue weighted by Gasteiger charge is -2.32. The molecule has 1 unspecified atom stereocenters. The van der Waals surface area contributed by atoms with E-state index in [9.17, 15) is 9.59 Å². The third-order valence-corrected chi connectivity index (χ3v) is 2.93. The number of nitrogens with two attached hydrogens (primary N) is 1. The Morgan fingerprint density at radius 3 is 2.53 bits per heavy atom. The van der Waals surface area contributed by atoms with Gasteiger partial charge in [0.1, 0.15) is 0 Å². The van der Waals surface area contributed by atoms with Crippen LogP contribution in [0.4, 0.5) is 4.79 Å². The predicted molar refractivity (Wildman–Crippen MR) is 63.4 cm³/mol. The molecule has 0 aromatic rings. The van der Waals surface area contributed by atoms with Crippen LogP contribution in [0.5, 0.6) is 0 Å². The van der Waals surface area contributed by atoms with Crippen molar-refractivity contribution in [2.45, 2.75) is 38.8 Å². The molecular weight excluding hydrogens is 222 g/mol. The Balaban J connectivity index is 2.30. The molecule has 1 aliphatic heterocycles. The van der Waals surface area contributed by atoms with E-state index in [4.69, 9.17) is 10.5 Å². The first kappa shape index (κ1) is 13.8. The molecule has 3 N–H and O–H groups in total. The van der Waals surface area contributed by atoms with Crippen molar-refractivity contribution in [3.05, 3.63) is 0 Å². The van der Waals surface area contributed by atoms with Crippen LogP contribution in [0.1, 0.15) is 26.7 Å². The number of primary amides is 1. The van der Waals surface area contributed by atoms with Gasteiger partial charge in [0.05, 0.1) is 12.6 Å². The molecule has 6 heteroatoms. The molecule has 2 amide bonds. The molecule has 0 bridgehead atoms. The number of carbonyl (C=O) groups is 2. The minimum absolute atomic E-state index is 0.239. The summed E-state index contributed by atoms with van der Waals surface area (Å²) < 4.78 is 4.93. The van der Waals surface area contributed by atoms with Crippen LogP contribution in [0.25, 0.3) is 0 Å². The standard InChI is InChI=1S/C11H21N3O3/c1-3-17-11(16)14-6-4-9(5-7-14)13-8(2)10(12)15/h8-9,13H,3-7H2,1-2H3,(H2,12,15). The topological polar surface area (TPSA) is 84.7 Å². The highest BCUT2D eigenvalue weighted by molar-refractivity contribution is 5.79. The van der Waals surface area contributed by atoms with Gasteiger partial charge in [-0.2, -0.15) is 0 Å². The second-order valence-electron chi connectivity index (χ2n) is 4.25. The monoisotopic (exact) mass is 243 g/mol. The number of carbonyl (C=O) groups excluding carboxylic acids is 2. The van der Waals surface area contributed by atoms with Gasteiger partial charge in [0.2, 0.25) is 5.91 Å². The van der Waals surface area contributed by atoms with Crippen LogP contribution in [-0.2, 0) is 9.53 Å². The number of amides is 2. The smallest absolute Gasteiger partial charge is 0.409 e. The van der Waals surface area contributed by atoms with Crippen molar-refractivity contribution in [1.29, 1.82) is 0 Å². The maximum absolute atomic E-state index is 11.4. The number of hydrogen-bond donors (Lipinski definition) is 2. The number of likely N-dealkylation sites (tertiary alicyclic amines) is 1. The van der Waals surface area contributed by atoms with E-state index in [0.29, 0.717) is 19.7 Å². The Hall–Kier alpha value is -1.30. The van der Waals surface area contributed by atoms with Gasteiger partial charge in [0.25, 0.3) is 0 Å². The highest BCUT2D eigenvalue weighted by Crippen LogP contribution is 2.12. The third-order valence-electron chi connectivity index (χ3n) is 2.93. The molecule has 1 aliphatic rings. The molecule has 1 heterocycles. The number of ether oxygens (including phenoxy) is 1. The molecule has 1 rings (SSSR count). The molecule has 0 saturated carbocycles. The van der Waals surface area contributed by atoms with Crippen molar-refractivity contribution in [2.75, 3.05) is 19.7 Å². The Bertz CT molecular complexity index is 275. The van der Waals surface area contributed by atoms with E-state index in [0.717, 1.165) is 12.8 Å². The Kier molecular flexibility index (Phi) is 5.21. The van der Waals surface area contributed by atoms with E-state index in [2.05, 4.69) is 5.32 Å². The summed E-state index contributed by atoms with van der Waals surface area (Å²) in [5.41, 5.74) is 5.18. The minimum Gasteiger partial charge on any atom is -0.450 e. The molecule has 6 nitrogen and oxygen atoms in total. The second-order valence-corrected chi connectivity index (χ2v) is 4.25. The molecule has 0 radical (unpaired) electrons. The van der Waals surface area contributed by atoms with Gasteiger partial charge in [-0.05, 0) is 26.7 Å². The average molecular weight is 243 g/mol. The summed E-state index contributed by atoms with van der Waals surface area (Å²) in [6.07, 6.45) is 1.38. The molecule has 0 spiro atoms. The molecule has 1 fully saturated rings. The zero-order valence-electron chi connectivity index (χ0n) is 10.4. The van der Waals surface area contributed by atoms with Gasteiger partial charge in [0.15, 0.2) is 0 Å². The van der Waals surface area contributed by atoms with Crippen LogP contribution < -0.4 is 11.1 Å². The first-order chi connectivity index (χ1) is 8.04. The molecule has 0 aromatic heterocycles. The van der Waals surface area contributed by atoms with E-state index in [1.165, 1.54) is 0 Å². The van der Waals surface area contributed by atoms with Crippen LogP contribution in [0.2, 0.25) is 0 Å². The maximum atomic E-state index is 11.4. The van der Waals surface area contributed by atoms with Crippen LogP contribution in [0.15, 0.2) is 0 Å². The van der Waals surface area contributed by atoms with Crippen LogP contribution in [0, 0.1) is 0 Å². The van der Waals surface area contributed by atoms with Gasteiger partial charge >= 0.3 is 6.09 Å². The van der Waals surface area contributed by atoms with Gasteiger partial charge in [0, 0.05) is 19.1 Å². The summed E-state index contributed by atoms with van der Waals surface area (Å²) in [7, 11) is 0. The summed E-state index contributed by atoms with van der Waals surface area (Å²) in [5, 5.41) is 3.16. The number of nitrogens with zero attached hydrogens (tertiary/aromatic N) is 1. The first-order valence-corrected chi connectivity index (χ1v) is 6.01. The van der Waals surface area contributed by atoms with Crippen molar-refractivity contribution >= 4 is 12.0 Å².